The molecule has 4 nitrogen and oxygen atoms in total. The topological polar surface area (TPSA) is 57.6 Å². The molecule has 1 N–H and O–H groups in total. The molecular weight excluding hydrogens is 254 g/mol. The summed E-state index contributed by atoms with van der Waals surface area (Å²) in [7, 11) is 0. The van der Waals surface area contributed by atoms with E-state index in [2.05, 4.69) is 6.92 Å². The predicted molar refractivity (Wildman–Crippen MR) is 79.5 cm³/mol. The van der Waals surface area contributed by atoms with Crippen LogP contribution in [-0.2, 0) is 9.59 Å². The molecule has 1 rings (SSSR count). The summed E-state index contributed by atoms with van der Waals surface area (Å²) in [6.45, 7) is 4.99. The van der Waals surface area contributed by atoms with E-state index in [-0.39, 0.29) is 18.2 Å². The highest BCUT2D eigenvalue weighted by atomic mass is 16.4. The summed E-state index contributed by atoms with van der Waals surface area (Å²) in [4.78, 5) is 25.0. The monoisotopic (exact) mass is 283 g/mol. The Morgan fingerprint density at radius 1 is 1.25 bits per heavy atom. The minimum Gasteiger partial charge on any atom is -0.481 e. The maximum absolute atomic E-state index is 12.6. The van der Waals surface area contributed by atoms with Crippen molar-refractivity contribution in [1.82, 2.24) is 4.90 Å². The SMILES string of the molecule is CCCC(CC1CCCC1)C(=O)N(CC)CCC(=O)O. The van der Waals surface area contributed by atoms with Crippen LogP contribution in [0.15, 0.2) is 0 Å². The number of rotatable bonds is 9. The second kappa shape index (κ2) is 8.98. The van der Waals surface area contributed by atoms with Crippen molar-refractivity contribution in [3.05, 3.63) is 0 Å². The first-order valence-corrected chi connectivity index (χ1v) is 8.09. The Hall–Kier alpha value is -1.06. The lowest BCUT2D eigenvalue weighted by Gasteiger charge is -2.27. The van der Waals surface area contributed by atoms with Crippen molar-refractivity contribution in [2.45, 2.75) is 65.2 Å². The third-order valence-electron chi connectivity index (χ3n) is 4.37. The molecular formula is C16H29NO3. The molecule has 0 aromatic rings. The van der Waals surface area contributed by atoms with Crippen molar-refractivity contribution in [2.75, 3.05) is 13.1 Å². The fraction of sp³-hybridized carbons (Fsp3) is 0.875. The van der Waals surface area contributed by atoms with Gasteiger partial charge in [0.05, 0.1) is 6.42 Å². The first-order chi connectivity index (χ1) is 9.58. The number of hydrogen-bond donors (Lipinski definition) is 1. The Morgan fingerprint density at radius 2 is 1.90 bits per heavy atom. The van der Waals surface area contributed by atoms with E-state index in [4.69, 9.17) is 5.11 Å². The molecule has 0 bridgehead atoms. The number of carbonyl (C=O) groups excluding carboxylic acids is 1. The minimum atomic E-state index is -0.834. The average molecular weight is 283 g/mol. The summed E-state index contributed by atoms with van der Waals surface area (Å²) >= 11 is 0. The summed E-state index contributed by atoms with van der Waals surface area (Å²) in [5.41, 5.74) is 0. The Labute approximate surface area is 122 Å². The van der Waals surface area contributed by atoms with Gasteiger partial charge in [-0.05, 0) is 25.7 Å². The molecule has 4 heteroatoms. The van der Waals surface area contributed by atoms with E-state index in [1.807, 2.05) is 6.92 Å². The minimum absolute atomic E-state index is 0.0435. The molecule has 0 radical (unpaired) electrons. The highest BCUT2D eigenvalue weighted by Gasteiger charge is 2.27. The molecule has 0 aromatic carbocycles. The molecule has 1 unspecified atom stereocenters. The first kappa shape index (κ1) is 17.0. The molecule has 1 aliphatic rings. The van der Waals surface area contributed by atoms with Crippen LogP contribution in [0.4, 0.5) is 0 Å². The maximum atomic E-state index is 12.6. The van der Waals surface area contributed by atoms with Crippen LogP contribution in [-0.4, -0.2) is 35.0 Å². The van der Waals surface area contributed by atoms with Gasteiger partial charge in [-0.15, -0.1) is 0 Å². The number of carbonyl (C=O) groups is 2. The lowest BCUT2D eigenvalue weighted by Crippen LogP contribution is -2.38. The Kier molecular flexibility index (Phi) is 7.63. The smallest absolute Gasteiger partial charge is 0.305 e. The lowest BCUT2D eigenvalue weighted by atomic mass is 9.89. The van der Waals surface area contributed by atoms with Gasteiger partial charge in [-0.1, -0.05) is 39.0 Å². The summed E-state index contributed by atoms with van der Waals surface area (Å²) in [6, 6.07) is 0. The van der Waals surface area contributed by atoms with Crippen LogP contribution in [0.3, 0.4) is 0 Å². The standard InChI is InChI=1S/C16H29NO3/c1-3-7-14(12-13-8-5-6-9-13)16(20)17(4-2)11-10-15(18)19/h13-14H,3-12H2,1-2H3,(H,18,19). The van der Waals surface area contributed by atoms with Crippen LogP contribution in [0.1, 0.15) is 65.2 Å². The van der Waals surface area contributed by atoms with E-state index < -0.39 is 5.97 Å². The van der Waals surface area contributed by atoms with E-state index in [0.717, 1.165) is 19.3 Å². The number of hydrogen-bond acceptors (Lipinski definition) is 2. The molecule has 1 fully saturated rings. The zero-order valence-electron chi connectivity index (χ0n) is 12.9. The highest BCUT2D eigenvalue weighted by molar-refractivity contribution is 5.79. The number of amides is 1. The second-order valence-electron chi connectivity index (χ2n) is 5.93. The molecule has 1 atom stereocenters. The first-order valence-electron chi connectivity index (χ1n) is 8.09. The molecule has 1 saturated carbocycles. The molecule has 0 spiro atoms. The van der Waals surface area contributed by atoms with Gasteiger partial charge in [-0.25, -0.2) is 0 Å². The lowest BCUT2D eigenvalue weighted by molar-refractivity contribution is -0.140. The zero-order valence-corrected chi connectivity index (χ0v) is 12.9. The molecule has 1 amide bonds. The van der Waals surface area contributed by atoms with E-state index >= 15 is 0 Å². The fourth-order valence-corrected chi connectivity index (χ4v) is 3.25. The van der Waals surface area contributed by atoms with Crippen LogP contribution in [0, 0.1) is 11.8 Å². The maximum Gasteiger partial charge on any atom is 0.305 e. The molecule has 0 saturated heterocycles. The number of nitrogens with zero attached hydrogens (tertiary/aromatic N) is 1. The van der Waals surface area contributed by atoms with Crippen molar-refractivity contribution in [3.8, 4) is 0 Å². The molecule has 0 aliphatic heterocycles. The van der Waals surface area contributed by atoms with Crippen LogP contribution in [0.5, 0.6) is 0 Å². The predicted octanol–water partition coefficient (Wildman–Crippen LogP) is 3.31. The number of carboxylic acids is 1. The van der Waals surface area contributed by atoms with Crippen molar-refractivity contribution in [2.24, 2.45) is 11.8 Å². The van der Waals surface area contributed by atoms with Gasteiger partial charge in [0.1, 0.15) is 0 Å². The van der Waals surface area contributed by atoms with E-state index in [9.17, 15) is 9.59 Å². The Morgan fingerprint density at radius 3 is 2.40 bits per heavy atom. The molecule has 20 heavy (non-hydrogen) atoms. The van der Waals surface area contributed by atoms with Crippen LogP contribution in [0.25, 0.3) is 0 Å². The highest BCUT2D eigenvalue weighted by Crippen LogP contribution is 2.32. The summed E-state index contributed by atoms with van der Waals surface area (Å²) in [5, 5.41) is 8.77. The molecule has 116 valence electrons. The fourth-order valence-electron chi connectivity index (χ4n) is 3.25. The number of aliphatic carboxylic acids is 1. The second-order valence-corrected chi connectivity index (χ2v) is 5.93. The van der Waals surface area contributed by atoms with Gasteiger partial charge >= 0.3 is 5.97 Å². The molecule has 0 aromatic heterocycles. The summed E-state index contributed by atoms with van der Waals surface area (Å²) in [6.07, 6.45) is 8.10. The number of carboxylic acid groups (broad SMARTS) is 1. The summed E-state index contributed by atoms with van der Waals surface area (Å²) < 4.78 is 0. The van der Waals surface area contributed by atoms with Crippen LogP contribution >= 0.6 is 0 Å². The van der Waals surface area contributed by atoms with E-state index in [1.165, 1.54) is 25.7 Å². The Balaban J connectivity index is 2.56. The van der Waals surface area contributed by atoms with Gasteiger partial charge in [0.15, 0.2) is 0 Å². The average Bonchev–Trinajstić information content (AvgIpc) is 2.91. The van der Waals surface area contributed by atoms with Crippen molar-refractivity contribution in [1.29, 1.82) is 0 Å². The van der Waals surface area contributed by atoms with Gasteiger partial charge in [0, 0.05) is 19.0 Å². The van der Waals surface area contributed by atoms with E-state index in [1.54, 1.807) is 4.90 Å². The largest absolute Gasteiger partial charge is 0.481 e. The molecule has 0 heterocycles. The van der Waals surface area contributed by atoms with Gasteiger partial charge in [-0.3, -0.25) is 9.59 Å². The van der Waals surface area contributed by atoms with Crippen LogP contribution < -0.4 is 0 Å². The normalized spacial score (nSPS) is 17.1. The summed E-state index contributed by atoms with van der Waals surface area (Å²) in [5.74, 6) is 0.132. The zero-order chi connectivity index (χ0) is 15.0. The van der Waals surface area contributed by atoms with Gasteiger partial charge in [-0.2, -0.15) is 0 Å². The Bertz CT molecular complexity index is 311. The van der Waals surface area contributed by atoms with Gasteiger partial charge < -0.3 is 10.0 Å². The van der Waals surface area contributed by atoms with Gasteiger partial charge in [0.2, 0.25) is 5.91 Å². The third-order valence-corrected chi connectivity index (χ3v) is 4.37. The van der Waals surface area contributed by atoms with Crippen molar-refractivity contribution >= 4 is 11.9 Å². The van der Waals surface area contributed by atoms with Crippen molar-refractivity contribution < 1.29 is 14.7 Å². The van der Waals surface area contributed by atoms with E-state index in [0.29, 0.717) is 19.0 Å². The quantitative estimate of drug-likeness (QED) is 0.706. The van der Waals surface area contributed by atoms with Crippen molar-refractivity contribution in [3.63, 3.8) is 0 Å². The molecule has 1 aliphatic carbocycles. The third kappa shape index (κ3) is 5.51. The van der Waals surface area contributed by atoms with Crippen LogP contribution in [0.2, 0.25) is 0 Å². The van der Waals surface area contributed by atoms with Gasteiger partial charge in [0.25, 0.3) is 0 Å².